The van der Waals surface area contributed by atoms with E-state index in [1.165, 1.54) is 6.42 Å². The van der Waals surface area contributed by atoms with Crippen LogP contribution in [0.3, 0.4) is 0 Å². The van der Waals surface area contributed by atoms with Crippen molar-refractivity contribution in [1.82, 2.24) is 29.8 Å². The Balaban J connectivity index is 1.41. The number of ether oxygens (including phenoxy) is 1. The van der Waals surface area contributed by atoms with Gasteiger partial charge in [0.05, 0.1) is 11.1 Å². The molecule has 0 bridgehead atoms. The summed E-state index contributed by atoms with van der Waals surface area (Å²) in [5.41, 5.74) is 2.49. The third-order valence-corrected chi connectivity index (χ3v) is 8.36. The summed E-state index contributed by atoms with van der Waals surface area (Å²) >= 11 is 0. The first kappa shape index (κ1) is 23.3. The molecule has 1 saturated heterocycles. The van der Waals surface area contributed by atoms with E-state index in [4.69, 9.17) is 19.2 Å². The molecule has 3 aromatic rings. The highest BCUT2D eigenvalue weighted by atomic mass is 16.5. The van der Waals surface area contributed by atoms with E-state index in [9.17, 15) is 4.79 Å². The second-order valence-electron chi connectivity index (χ2n) is 10.7. The summed E-state index contributed by atoms with van der Waals surface area (Å²) < 4.78 is 14.1. The van der Waals surface area contributed by atoms with Crippen molar-refractivity contribution >= 4 is 5.78 Å². The summed E-state index contributed by atoms with van der Waals surface area (Å²) in [5, 5.41) is 9.01. The van der Waals surface area contributed by atoms with Gasteiger partial charge in [-0.2, -0.15) is 10.1 Å². The standard InChI is InChI=1S/C27H34N6O3/c1-17(21-9-7-14-32(21)2)35-23-16-20(19-11-15-33(3)30-19)28-26(29-23)24-18-8-6-13-27(25(18)36-31-24)12-5-4-10-22(27)34/h11,15-17,21H,4-10,12-14H2,1-3H3/t17-,21-,27+/m0/s1. The maximum Gasteiger partial charge on any atom is 0.217 e. The van der Waals surface area contributed by atoms with Gasteiger partial charge >= 0.3 is 0 Å². The molecule has 9 nitrogen and oxygen atoms in total. The summed E-state index contributed by atoms with van der Waals surface area (Å²) in [6.45, 7) is 3.18. The topological polar surface area (TPSA) is 99.2 Å². The molecule has 3 atom stereocenters. The van der Waals surface area contributed by atoms with Gasteiger partial charge in [0.15, 0.2) is 17.3 Å². The van der Waals surface area contributed by atoms with E-state index in [1.807, 2.05) is 25.4 Å². The molecule has 1 saturated carbocycles. The van der Waals surface area contributed by atoms with Crippen LogP contribution in [0.15, 0.2) is 22.9 Å². The molecule has 3 aliphatic rings. The predicted octanol–water partition coefficient (Wildman–Crippen LogP) is 4.11. The van der Waals surface area contributed by atoms with Crippen molar-refractivity contribution in [2.45, 2.75) is 82.3 Å². The summed E-state index contributed by atoms with van der Waals surface area (Å²) in [6, 6.07) is 4.13. The van der Waals surface area contributed by atoms with Crippen LogP contribution in [0.5, 0.6) is 5.88 Å². The largest absolute Gasteiger partial charge is 0.473 e. The van der Waals surface area contributed by atoms with Crippen molar-refractivity contribution in [1.29, 1.82) is 0 Å². The lowest BCUT2D eigenvalue weighted by molar-refractivity contribution is -0.128. The zero-order valence-corrected chi connectivity index (χ0v) is 21.4. The second kappa shape index (κ2) is 9.10. The Hall–Kier alpha value is -3.07. The average molecular weight is 491 g/mol. The summed E-state index contributed by atoms with van der Waals surface area (Å²) in [7, 11) is 4.03. The van der Waals surface area contributed by atoms with E-state index in [-0.39, 0.29) is 6.10 Å². The Kier molecular flexibility index (Phi) is 5.90. The Bertz CT molecular complexity index is 1280. The SMILES string of the molecule is C[C@H](Oc1cc(-c2ccn(C)n2)nc(-c2noc3c2CCC[C@@]32CCCCC2=O)n1)[C@@H]1CCCN1C. The highest BCUT2D eigenvalue weighted by Gasteiger charge is 2.48. The van der Waals surface area contributed by atoms with Gasteiger partial charge < -0.3 is 9.26 Å². The molecule has 9 heteroatoms. The van der Waals surface area contributed by atoms with Gasteiger partial charge in [-0.25, -0.2) is 4.98 Å². The molecule has 190 valence electrons. The molecule has 0 amide bonds. The zero-order chi connectivity index (χ0) is 24.9. The van der Waals surface area contributed by atoms with Gasteiger partial charge in [-0.1, -0.05) is 11.6 Å². The number of likely N-dealkylation sites (N-methyl/N-ethyl adjacent to an activating group) is 1. The molecule has 2 fully saturated rings. The van der Waals surface area contributed by atoms with Crippen molar-refractivity contribution in [3.63, 3.8) is 0 Å². The monoisotopic (exact) mass is 490 g/mol. The first-order chi connectivity index (χ1) is 17.4. The van der Waals surface area contributed by atoms with E-state index >= 15 is 0 Å². The number of fused-ring (bicyclic) bond motifs is 2. The Morgan fingerprint density at radius 3 is 2.72 bits per heavy atom. The van der Waals surface area contributed by atoms with Gasteiger partial charge in [-0.15, -0.1) is 0 Å². The first-order valence-corrected chi connectivity index (χ1v) is 13.2. The third kappa shape index (κ3) is 3.93. The van der Waals surface area contributed by atoms with Crippen molar-refractivity contribution in [3.8, 4) is 28.8 Å². The number of likely N-dealkylation sites (tertiary alicyclic amines) is 1. The fourth-order valence-electron chi connectivity index (χ4n) is 6.44. The van der Waals surface area contributed by atoms with Crippen LogP contribution in [0.1, 0.15) is 69.6 Å². The smallest absolute Gasteiger partial charge is 0.217 e. The maximum atomic E-state index is 13.1. The molecule has 6 rings (SSSR count). The molecule has 1 spiro atoms. The molecule has 0 aromatic carbocycles. The lowest BCUT2D eigenvalue weighted by atomic mass is 9.64. The van der Waals surface area contributed by atoms with Crippen LogP contribution in [0.4, 0.5) is 0 Å². The van der Waals surface area contributed by atoms with Crippen LogP contribution in [-0.4, -0.2) is 61.3 Å². The number of carbonyl (C=O) groups excluding carboxylic acids is 1. The number of hydrogen-bond donors (Lipinski definition) is 0. The number of carbonyl (C=O) groups is 1. The minimum Gasteiger partial charge on any atom is -0.473 e. The fourth-order valence-corrected chi connectivity index (χ4v) is 6.44. The number of aryl methyl sites for hydroxylation is 1. The molecule has 3 aromatic heterocycles. The Labute approximate surface area is 211 Å². The number of aromatic nitrogens is 5. The van der Waals surface area contributed by atoms with Gasteiger partial charge in [-0.05, 0) is 71.5 Å². The van der Waals surface area contributed by atoms with Crippen LogP contribution in [-0.2, 0) is 23.7 Å². The van der Waals surface area contributed by atoms with Gasteiger partial charge in [0.25, 0.3) is 0 Å². The normalized spacial score (nSPS) is 25.3. The van der Waals surface area contributed by atoms with E-state index in [2.05, 4.69) is 29.1 Å². The van der Waals surface area contributed by atoms with E-state index in [0.29, 0.717) is 41.3 Å². The van der Waals surface area contributed by atoms with Gasteiger partial charge in [0.2, 0.25) is 5.88 Å². The minimum absolute atomic E-state index is 0.0220. The molecule has 4 heterocycles. The van der Waals surface area contributed by atoms with Crippen molar-refractivity contribution in [3.05, 3.63) is 29.7 Å². The molecular formula is C27H34N6O3. The number of Topliss-reactive ketones (excluding diaryl/α,β-unsaturated/α-hetero) is 1. The number of ketones is 1. The highest BCUT2D eigenvalue weighted by molar-refractivity contribution is 5.91. The van der Waals surface area contributed by atoms with Gasteiger partial charge in [0, 0.05) is 37.3 Å². The summed E-state index contributed by atoms with van der Waals surface area (Å²) in [5.74, 6) is 2.00. The lowest BCUT2D eigenvalue weighted by Crippen LogP contribution is -2.41. The van der Waals surface area contributed by atoms with Crippen LogP contribution in [0, 0.1) is 0 Å². The van der Waals surface area contributed by atoms with Gasteiger partial charge in [-0.3, -0.25) is 14.4 Å². The summed E-state index contributed by atoms with van der Waals surface area (Å²) in [6.07, 6.45) is 10.2. The van der Waals surface area contributed by atoms with Crippen molar-refractivity contribution in [2.75, 3.05) is 13.6 Å². The number of hydrogen-bond acceptors (Lipinski definition) is 8. The molecule has 0 N–H and O–H groups in total. The first-order valence-electron chi connectivity index (χ1n) is 13.2. The average Bonchev–Trinajstić information content (AvgIpc) is 3.61. The lowest BCUT2D eigenvalue weighted by Gasteiger charge is -2.36. The van der Waals surface area contributed by atoms with Crippen LogP contribution in [0.25, 0.3) is 22.9 Å². The number of rotatable bonds is 5. The fraction of sp³-hybridized carbons (Fsp3) is 0.593. The maximum absolute atomic E-state index is 13.1. The molecule has 0 unspecified atom stereocenters. The van der Waals surface area contributed by atoms with Crippen molar-refractivity contribution < 1.29 is 14.1 Å². The summed E-state index contributed by atoms with van der Waals surface area (Å²) in [4.78, 5) is 25.1. The van der Waals surface area contributed by atoms with Crippen LogP contribution in [0.2, 0.25) is 0 Å². The van der Waals surface area contributed by atoms with E-state index in [0.717, 1.165) is 68.5 Å². The Morgan fingerprint density at radius 1 is 1.11 bits per heavy atom. The quantitative estimate of drug-likeness (QED) is 0.527. The third-order valence-electron chi connectivity index (χ3n) is 8.36. The zero-order valence-electron chi connectivity index (χ0n) is 21.4. The molecule has 0 radical (unpaired) electrons. The molecular weight excluding hydrogens is 456 g/mol. The van der Waals surface area contributed by atoms with Crippen molar-refractivity contribution in [2.24, 2.45) is 7.05 Å². The van der Waals surface area contributed by atoms with E-state index < -0.39 is 5.41 Å². The highest BCUT2D eigenvalue weighted by Crippen LogP contribution is 2.47. The minimum atomic E-state index is -0.531. The van der Waals surface area contributed by atoms with Crippen LogP contribution < -0.4 is 4.74 Å². The van der Waals surface area contributed by atoms with Crippen LogP contribution >= 0.6 is 0 Å². The molecule has 36 heavy (non-hydrogen) atoms. The molecule has 2 aliphatic carbocycles. The molecule has 1 aliphatic heterocycles. The number of nitrogens with zero attached hydrogens (tertiary/aromatic N) is 6. The second-order valence-corrected chi connectivity index (χ2v) is 10.7. The van der Waals surface area contributed by atoms with Gasteiger partial charge in [0.1, 0.15) is 17.6 Å². The Morgan fingerprint density at radius 2 is 1.97 bits per heavy atom. The predicted molar refractivity (Wildman–Crippen MR) is 134 cm³/mol. The van der Waals surface area contributed by atoms with E-state index in [1.54, 1.807) is 4.68 Å².